The number of rotatable bonds is 7. The van der Waals surface area contributed by atoms with Crippen molar-refractivity contribution < 1.29 is 14.2 Å². The Morgan fingerprint density at radius 2 is 1.56 bits per heavy atom. The number of para-hydroxylation sites is 1. The lowest BCUT2D eigenvalue weighted by molar-refractivity contribution is 0.250. The summed E-state index contributed by atoms with van der Waals surface area (Å²) in [6.45, 7) is -0.144. The van der Waals surface area contributed by atoms with Gasteiger partial charge in [-0.1, -0.05) is 48.5 Å². The predicted octanol–water partition coefficient (Wildman–Crippen LogP) is 5.52. The van der Waals surface area contributed by atoms with Crippen molar-refractivity contribution in [2.24, 2.45) is 0 Å². The number of nitrogens with zero attached hydrogens (tertiary/aromatic N) is 4. The highest BCUT2D eigenvalue weighted by Crippen LogP contribution is 2.35. The van der Waals surface area contributed by atoms with Gasteiger partial charge in [0.25, 0.3) is 0 Å². The van der Waals surface area contributed by atoms with E-state index in [1.807, 2.05) is 65.2 Å². The molecule has 0 unspecified atom stereocenters. The fraction of sp³-hybridized carbons (Fsp3) is 0.0741. The largest absolute Gasteiger partial charge is 0.424 e. The Morgan fingerprint density at radius 1 is 0.853 bits per heavy atom. The van der Waals surface area contributed by atoms with Crippen LogP contribution in [0.5, 0.6) is 11.8 Å². The molecule has 0 fully saturated rings. The lowest BCUT2D eigenvalue weighted by Gasteiger charge is -2.20. The summed E-state index contributed by atoms with van der Waals surface area (Å²) in [5.74, 6) is 0.285. The van der Waals surface area contributed by atoms with Gasteiger partial charge in [-0.2, -0.15) is 4.98 Å². The highest BCUT2D eigenvalue weighted by atomic mass is 19.1. The molecule has 3 aromatic carbocycles. The number of benzene rings is 3. The van der Waals surface area contributed by atoms with E-state index in [1.165, 1.54) is 12.1 Å². The molecule has 1 atom stereocenters. The minimum absolute atomic E-state index is 0.144. The summed E-state index contributed by atoms with van der Waals surface area (Å²) in [6.07, 6.45) is 3.28. The van der Waals surface area contributed by atoms with E-state index in [2.05, 4.69) is 15.0 Å². The van der Waals surface area contributed by atoms with Crippen LogP contribution in [0.4, 0.5) is 4.39 Å². The van der Waals surface area contributed by atoms with E-state index >= 15 is 0 Å². The Balaban J connectivity index is 1.64. The number of halogens is 1. The summed E-state index contributed by atoms with van der Waals surface area (Å²) in [5.41, 5.74) is 3.48. The minimum atomic E-state index is -0.397. The maximum absolute atomic E-state index is 13.6. The number of hydrogen-bond donors (Lipinski definition) is 1. The van der Waals surface area contributed by atoms with Crippen molar-refractivity contribution in [1.29, 1.82) is 0 Å². The van der Waals surface area contributed by atoms with Gasteiger partial charge in [-0.05, 0) is 48.0 Å². The first-order chi connectivity index (χ1) is 16.7. The standard InChI is InChI=1S/C27H21FN4O2/c28-21-13-11-20(12-14-21)25-26(32(18-30-25)24(17-33)19-7-3-1-4-8-19)23-15-16-29-27(31-23)34-22-9-5-2-6-10-22/h1-16,18,24,33H,17H2/t24-/m1/s1. The van der Waals surface area contributed by atoms with Gasteiger partial charge in [0.15, 0.2) is 0 Å². The van der Waals surface area contributed by atoms with Gasteiger partial charge in [-0.3, -0.25) is 0 Å². The first-order valence-electron chi connectivity index (χ1n) is 10.8. The van der Waals surface area contributed by atoms with Crippen LogP contribution in [0.1, 0.15) is 11.6 Å². The van der Waals surface area contributed by atoms with Crippen LogP contribution in [0.25, 0.3) is 22.6 Å². The molecule has 0 radical (unpaired) electrons. The van der Waals surface area contributed by atoms with Gasteiger partial charge in [0.1, 0.15) is 11.6 Å². The molecule has 0 aliphatic carbocycles. The van der Waals surface area contributed by atoms with E-state index in [4.69, 9.17) is 4.74 Å². The van der Waals surface area contributed by atoms with Gasteiger partial charge in [-0.25, -0.2) is 14.4 Å². The number of aliphatic hydroxyl groups is 1. The Morgan fingerprint density at radius 3 is 2.26 bits per heavy atom. The van der Waals surface area contributed by atoms with E-state index < -0.39 is 6.04 Å². The zero-order chi connectivity index (χ0) is 23.3. The number of hydrogen-bond acceptors (Lipinski definition) is 5. The second kappa shape index (κ2) is 9.64. The molecule has 7 heteroatoms. The fourth-order valence-electron chi connectivity index (χ4n) is 3.81. The molecule has 168 valence electrons. The molecular formula is C27H21FN4O2. The second-order valence-corrected chi connectivity index (χ2v) is 7.60. The summed E-state index contributed by atoms with van der Waals surface area (Å²) in [4.78, 5) is 13.5. The molecule has 0 saturated carbocycles. The number of imidazole rings is 1. The van der Waals surface area contributed by atoms with Crippen molar-refractivity contribution in [3.05, 3.63) is 115 Å². The third-order valence-corrected chi connectivity index (χ3v) is 5.43. The first-order valence-corrected chi connectivity index (χ1v) is 10.8. The van der Waals surface area contributed by atoms with Gasteiger partial charge < -0.3 is 14.4 Å². The molecule has 34 heavy (non-hydrogen) atoms. The summed E-state index contributed by atoms with van der Waals surface area (Å²) >= 11 is 0. The molecule has 6 nitrogen and oxygen atoms in total. The van der Waals surface area contributed by atoms with E-state index in [-0.39, 0.29) is 18.4 Å². The van der Waals surface area contributed by atoms with Crippen LogP contribution in [0, 0.1) is 5.82 Å². The molecule has 5 rings (SSSR count). The predicted molar refractivity (Wildman–Crippen MR) is 127 cm³/mol. The molecular weight excluding hydrogens is 431 g/mol. The van der Waals surface area contributed by atoms with Crippen LogP contribution in [0.3, 0.4) is 0 Å². The van der Waals surface area contributed by atoms with Crippen molar-refractivity contribution in [3.8, 4) is 34.4 Å². The topological polar surface area (TPSA) is 73.1 Å². The van der Waals surface area contributed by atoms with Crippen molar-refractivity contribution in [3.63, 3.8) is 0 Å². The maximum atomic E-state index is 13.6. The SMILES string of the molecule is OC[C@H](c1ccccc1)n1cnc(-c2ccc(F)cc2)c1-c1ccnc(Oc2ccccc2)n1. The summed E-state index contributed by atoms with van der Waals surface area (Å²) in [5, 5.41) is 10.3. The first kappa shape index (κ1) is 21.5. The Bertz CT molecular complexity index is 1370. The van der Waals surface area contributed by atoms with Crippen LogP contribution in [0.15, 0.2) is 104 Å². The summed E-state index contributed by atoms with van der Waals surface area (Å²) < 4.78 is 21.3. The average molecular weight is 452 g/mol. The van der Waals surface area contributed by atoms with Gasteiger partial charge >= 0.3 is 6.01 Å². The number of aliphatic hydroxyl groups excluding tert-OH is 1. The Labute approximate surface area is 196 Å². The summed E-state index contributed by atoms with van der Waals surface area (Å²) in [6, 6.07) is 26.6. The quantitative estimate of drug-likeness (QED) is 0.352. The highest BCUT2D eigenvalue weighted by Gasteiger charge is 2.23. The normalized spacial score (nSPS) is 11.8. The molecule has 0 aliphatic rings. The van der Waals surface area contributed by atoms with Crippen LogP contribution in [-0.2, 0) is 0 Å². The van der Waals surface area contributed by atoms with Crippen molar-refractivity contribution in [1.82, 2.24) is 19.5 Å². The van der Waals surface area contributed by atoms with Crippen molar-refractivity contribution in [2.45, 2.75) is 6.04 Å². The van der Waals surface area contributed by atoms with Crippen LogP contribution >= 0.6 is 0 Å². The minimum Gasteiger partial charge on any atom is -0.424 e. The highest BCUT2D eigenvalue weighted by molar-refractivity contribution is 5.77. The molecule has 5 aromatic rings. The third kappa shape index (κ3) is 4.42. The monoisotopic (exact) mass is 452 g/mol. The second-order valence-electron chi connectivity index (χ2n) is 7.60. The van der Waals surface area contributed by atoms with Crippen molar-refractivity contribution >= 4 is 0 Å². The van der Waals surface area contributed by atoms with Gasteiger partial charge in [-0.15, -0.1) is 0 Å². The molecule has 2 aromatic heterocycles. The van der Waals surface area contributed by atoms with E-state index in [1.54, 1.807) is 30.7 Å². The van der Waals surface area contributed by atoms with E-state index in [9.17, 15) is 9.50 Å². The lowest BCUT2D eigenvalue weighted by Crippen LogP contribution is -2.15. The van der Waals surface area contributed by atoms with Crippen molar-refractivity contribution in [2.75, 3.05) is 6.61 Å². The molecule has 0 bridgehead atoms. The van der Waals surface area contributed by atoms with Crippen LogP contribution in [-0.4, -0.2) is 31.2 Å². The summed E-state index contributed by atoms with van der Waals surface area (Å²) in [7, 11) is 0. The molecule has 0 saturated heterocycles. The molecule has 0 aliphatic heterocycles. The number of ether oxygens (including phenoxy) is 1. The average Bonchev–Trinajstić information content (AvgIpc) is 3.31. The molecule has 1 N–H and O–H groups in total. The lowest BCUT2D eigenvalue weighted by atomic mass is 10.0. The van der Waals surface area contributed by atoms with Gasteiger partial charge in [0, 0.05) is 11.8 Å². The molecule has 0 amide bonds. The maximum Gasteiger partial charge on any atom is 0.322 e. The third-order valence-electron chi connectivity index (χ3n) is 5.43. The number of aromatic nitrogens is 4. The van der Waals surface area contributed by atoms with Crippen LogP contribution in [0.2, 0.25) is 0 Å². The van der Waals surface area contributed by atoms with Gasteiger partial charge in [0.05, 0.1) is 36.1 Å². The van der Waals surface area contributed by atoms with Crippen LogP contribution < -0.4 is 4.74 Å². The Kier molecular flexibility index (Phi) is 6.09. The van der Waals surface area contributed by atoms with E-state index in [0.717, 1.165) is 11.1 Å². The smallest absolute Gasteiger partial charge is 0.322 e. The zero-order valence-corrected chi connectivity index (χ0v) is 18.1. The molecule has 2 heterocycles. The fourth-order valence-corrected chi connectivity index (χ4v) is 3.81. The molecule has 0 spiro atoms. The van der Waals surface area contributed by atoms with Gasteiger partial charge in [0.2, 0.25) is 0 Å². The van der Waals surface area contributed by atoms with E-state index in [0.29, 0.717) is 22.8 Å². The zero-order valence-electron chi connectivity index (χ0n) is 18.1. The Hall–Kier alpha value is -4.36.